The molecule has 1 atom stereocenters. The second kappa shape index (κ2) is 10.0. The van der Waals surface area contributed by atoms with Crippen LogP contribution in [0.5, 0.6) is 5.75 Å². The zero-order valence-corrected chi connectivity index (χ0v) is 18.9. The lowest BCUT2D eigenvalue weighted by Crippen LogP contribution is -2.36. The molecule has 1 aromatic rings. The standard InChI is InChI=1S/C20H25BCl2O7/c1-5-6-12(24)7-11-8-13-16(23)15(22)9-14(17(13)30-21(11)27)18(25)28-10-29-19(26)20(2,3)4/h9,11,27H,5-8,10H2,1-4H3/t11-/m0/s1. The van der Waals surface area contributed by atoms with Gasteiger partial charge in [-0.15, -0.1) is 0 Å². The summed E-state index contributed by atoms with van der Waals surface area (Å²) in [6.07, 6.45) is 1.45. The van der Waals surface area contributed by atoms with Gasteiger partial charge in [0.2, 0.25) is 6.79 Å². The van der Waals surface area contributed by atoms with E-state index in [1.54, 1.807) is 20.8 Å². The number of benzene rings is 1. The number of Topliss-reactive ketones (excluding diaryl/α,β-unsaturated/α-hetero) is 1. The highest BCUT2D eigenvalue weighted by molar-refractivity contribution is 6.48. The Bertz CT molecular complexity index is 835. The summed E-state index contributed by atoms with van der Waals surface area (Å²) in [6.45, 7) is 6.32. The van der Waals surface area contributed by atoms with Crippen LogP contribution in [0.4, 0.5) is 0 Å². The molecule has 1 heterocycles. The Balaban J connectivity index is 2.20. The highest BCUT2D eigenvalue weighted by Crippen LogP contribution is 2.43. The van der Waals surface area contributed by atoms with E-state index in [1.165, 1.54) is 6.07 Å². The van der Waals surface area contributed by atoms with E-state index in [2.05, 4.69) is 0 Å². The minimum absolute atomic E-state index is 0.00653. The van der Waals surface area contributed by atoms with Crippen molar-refractivity contribution < 1.29 is 33.5 Å². The van der Waals surface area contributed by atoms with E-state index < -0.39 is 37.1 Å². The Morgan fingerprint density at radius 1 is 1.27 bits per heavy atom. The molecule has 0 radical (unpaired) electrons. The first-order valence-electron chi connectivity index (χ1n) is 9.67. The number of hydrogen-bond acceptors (Lipinski definition) is 7. The smallest absolute Gasteiger partial charge is 0.526 e. The zero-order chi connectivity index (χ0) is 22.6. The molecular weight excluding hydrogens is 434 g/mol. The Kier molecular flexibility index (Phi) is 8.19. The number of fused-ring (bicyclic) bond motifs is 1. The Morgan fingerprint density at radius 2 is 1.93 bits per heavy atom. The molecule has 30 heavy (non-hydrogen) atoms. The Morgan fingerprint density at radius 3 is 2.53 bits per heavy atom. The fraction of sp³-hybridized carbons (Fsp3) is 0.550. The third-order valence-electron chi connectivity index (χ3n) is 4.60. The third kappa shape index (κ3) is 5.90. The monoisotopic (exact) mass is 458 g/mol. The predicted molar refractivity (Wildman–Crippen MR) is 113 cm³/mol. The highest BCUT2D eigenvalue weighted by atomic mass is 35.5. The van der Waals surface area contributed by atoms with Crippen molar-refractivity contribution in [3.8, 4) is 5.75 Å². The van der Waals surface area contributed by atoms with Gasteiger partial charge in [0.25, 0.3) is 0 Å². The summed E-state index contributed by atoms with van der Waals surface area (Å²) in [7, 11) is -1.29. The summed E-state index contributed by atoms with van der Waals surface area (Å²) in [6, 6.07) is 1.27. The van der Waals surface area contributed by atoms with Crippen molar-refractivity contribution in [2.75, 3.05) is 6.79 Å². The van der Waals surface area contributed by atoms with E-state index in [1.807, 2.05) is 6.92 Å². The quantitative estimate of drug-likeness (QED) is 0.370. The molecule has 0 aromatic heterocycles. The second-order valence-corrected chi connectivity index (χ2v) is 9.01. The molecule has 0 fully saturated rings. The molecule has 0 saturated carbocycles. The van der Waals surface area contributed by atoms with Gasteiger partial charge < -0.3 is 19.2 Å². The number of carbonyl (C=O) groups excluding carboxylic acids is 3. The lowest BCUT2D eigenvalue weighted by atomic mass is 9.64. The summed E-state index contributed by atoms with van der Waals surface area (Å²) in [4.78, 5) is 36.3. The minimum Gasteiger partial charge on any atom is -0.535 e. The second-order valence-electron chi connectivity index (χ2n) is 8.22. The van der Waals surface area contributed by atoms with Gasteiger partial charge in [-0.05, 0) is 39.7 Å². The van der Waals surface area contributed by atoms with Crippen LogP contribution in [0.25, 0.3) is 0 Å². The molecule has 164 valence electrons. The number of esters is 2. The molecule has 0 unspecified atom stereocenters. The summed E-state index contributed by atoms with van der Waals surface area (Å²) in [5, 5.41) is 10.7. The first kappa shape index (κ1) is 24.5. The largest absolute Gasteiger partial charge is 0.535 e. The van der Waals surface area contributed by atoms with Crippen LogP contribution in [0.1, 0.15) is 62.9 Å². The molecule has 1 aliphatic heterocycles. The van der Waals surface area contributed by atoms with Crippen molar-refractivity contribution in [2.45, 2.75) is 59.2 Å². The van der Waals surface area contributed by atoms with E-state index in [0.29, 0.717) is 18.4 Å². The summed E-state index contributed by atoms with van der Waals surface area (Å²) >= 11 is 12.5. The molecular formula is C20H25BCl2O7. The molecule has 1 aromatic carbocycles. The normalized spacial score (nSPS) is 15.8. The van der Waals surface area contributed by atoms with Crippen LogP contribution in [-0.2, 0) is 25.5 Å². The van der Waals surface area contributed by atoms with E-state index >= 15 is 0 Å². The first-order chi connectivity index (χ1) is 14.0. The van der Waals surface area contributed by atoms with E-state index in [9.17, 15) is 19.4 Å². The lowest BCUT2D eigenvalue weighted by Gasteiger charge is -2.29. The third-order valence-corrected chi connectivity index (χ3v) is 5.43. The molecule has 7 nitrogen and oxygen atoms in total. The molecule has 0 bridgehead atoms. The maximum atomic E-state index is 12.5. The number of rotatable bonds is 7. The van der Waals surface area contributed by atoms with Crippen molar-refractivity contribution in [1.29, 1.82) is 0 Å². The summed E-state index contributed by atoms with van der Waals surface area (Å²) < 4.78 is 15.5. The molecule has 0 spiro atoms. The molecule has 1 aliphatic rings. The fourth-order valence-corrected chi connectivity index (χ4v) is 3.43. The topological polar surface area (TPSA) is 99.1 Å². The zero-order valence-electron chi connectivity index (χ0n) is 17.4. The average Bonchev–Trinajstić information content (AvgIpc) is 2.65. The van der Waals surface area contributed by atoms with Crippen LogP contribution in [0.2, 0.25) is 15.9 Å². The van der Waals surface area contributed by atoms with Gasteiger partial charge in [-0.1, -0.05) is 30.1 Å². The van der Waals surface area contributed by atoms with Gasteiger partial charge in [-0.3, -0.25) is 9.59 Å². The summed E-state index contributed by atoms with van der Waals surface area (Å²) in [5.74, 6) is -1.84. The van der Waals surface area contributed by atoms with Crippen LogP contribution < -0.4 is 4.65 Å². The Hall–Kier alpha value is -1.77. The van der Waals surface area contributed by atoms with Crippen molar-refractivity contribution >= 4 is 48.0 Å². The maximum absolute atomic E-state index is 12.5. The SMILES string of the molecule is CCCC(=O)C[C@H]1Cc2c(Cl)c(Cl)cc(C(=O)OCOC(=O)C(C)(C)C)c2OB1O. The maximum Gasteiger partial charge on any atom is 0.526 e. The molecule has 0 aliphatic carbocycles. The number of hydrogen-bond donors (Lipinski definition) is 1. The number of ether oxygens (including phenoxy) is 2. The van der Waals surface area contributed by atoms with Gasteiger partial charge in [-0.2, -0.15) is 0 Å². The van der Waals surface area contributed by atoms with Gasteiger partial charge >= 0.3 is 19.1 Å². The molecule has 0 saturated heterocycles. The minimum atomic E-state index is -1.29. The van der Waals surface area contributed by atoms with Gasteiger partial charge in [0.15, 0.2) is 0 Å². The molecule has 10 heteroatoms. The Labute approximate surface area is 186 Å². The fourth-order valence-electron chi connectivity index (χ4n) is 2.99. The van der Waals surface area contributed by atoms with E-state index in [-0.39, 0.29) is 40.0 Å². The van der Waals surface area contributed by atoms with Crippen LogP contribution >= 0.6 is 23.2 Å². The molecule has 2 rings (SSSR count). The lowest BCUT2D eigenvalue weighted by molar-refractivity contribution is -0.161. The average molecular weight is 459 g/mol. The van der Waals surface area contributed by atoms with Crippen LogP contribution in [0, 0.1) is 5.41 Å². The van der Waals surface area contributed by atoms with Gasteiger partial charge in [-0.25, -0.2) is 4.79 Å². The summed E-state index contributed by atoms with van der Waals surface area (Å²) in [5.41, 5.74) is -0.377. The van der Waals surface area contributed by atoms with Crippen LogP contribution in [0.3, 0.4) is 0 Å². The number of ketones is 1. The first-order valence-corrected chi connectivity index (χ1v) is 10.4. The van der Waals surface area contributed by atoms with Crippen molar-refractivity contribution in [1.82, 2.24) is 0 Å². The van der Waals surface area contributed by atoms with Crippen molar-refractivity contribution in [2.24, 2.45) is 5.41 Å². The molecule has 1 N–H and O–H groups in total. The van der Waals surface area contributed by atoms with Crippen molar-refractivity contribution in [3.05, 3.63) is 27.2 Å². The molecule has 0 amide bonds. The highest BCUT2D eigenvalue weighted by Gasteiger charge is 2.39. The van der Waals surface area contributed by atoms with Crippen LogP contribution in [-0.4, -0.2) is 36.7 Å². The van der Waals surface area contributed by atoms with Gasteiger partial charge in [0.1, 0.15) is 17.1 Å². The van der Waals surface area contributed by atoms with E-state index in [4.69, 9.17) is 37.3 Å². The van der Waals surface area contributed by atoms with Gasteiger partial charge in [0, 0.05) is 24.2 Å². The number of carbonyl (C=O) groups is 3. The number of halogens is 2. The van der Waals surface area contributed by atoms with Crippen LogP contribution in [0.15, 0.2) is 6.07 Å². The van der Waals surface area contributed by atoms with Gasteiger partial charge in [0.05, 0.1) is 15.5 Å². The van der Waals surface area contributed by atoms with E-state index in [0.717, 1.165) is 0 Å². The van der Waals surface area contributed by atoms with Crippen molar-refractivity contribution in [3.63, 3.8) is 0 Å². The predicted octanol–water partition coefficient (Wildman–Crippen LogP) is 4.24.